The molecule has 0 bridgehead atoms. The molecule has 0 amide bonds. The maximum atomic E-state index is 11.4. The predicted molar refractivity (Wildman–Crippen MR) is 57.8 cm³/mol. The Hall–Kier alpha value is -0.750. The second-order valence-corrected chi connectivity index (χ2v) is 5.02. The van der Waals surface area contributed by atoms with Gasteiger partial charge in [-0.15, -0.1) is 0 Å². The summed E-state index contributed by atoms with van der Waals surface area (Å²) in [6.45, 7) is 1.94. The molecule has 0 spiro atoms. The second kappa shape index (κ2) is 3.43. The van der Waals surface area contributed by atoms with E-state index in [0.717, 1.165) is 5.69 Å². The van der Waals surface area contributed by atoms with Crippen LogP contribution < -0.4 is 0 Å². The Labute approximate surface area is 92.0 Å². The average Bonchev–Trinajstić information content (AvgIpc) is 2.47. The van der Waals surface area contributed by atoms with Gasteiger partial charge in [0.2, 0.25) is 0 Å². The summed E-state index contributed by atoms with van der Waals surface area (Å²) in [4.78, 5) is 8.31. The summed E-state index contributed by atoms with van der Waals surface area (Å²) in [5.74, 6) is 0. The fourth-order valence-electron chi connectivity index (χ4n) is 1.24. The van der Waals surface area contributed by atoms with Gasteiger partial charge in [-0.25, -0.2) is 9.97 Å². The van der Waals surface area contributed by atoms with E-state index in [-0.39, 0.29) is 0 Å². The van der Waals surface area contributed by atoms with Gasteiger partial charge in [-0.2, -0.15) is 0 Å². The average molecular weight is 274 g/mol. The fourth-order valence-corrected chi connectivity index (χ4v) is 2.38. The van der Waals surface area contributed by atoms with Crippen molar-refractivity contribution in [2.24, 2.45) is 0 Å². The molecule has 74 valence electrons. The predicted octanol–water partition coefficient (Wildman–Crippen LogP) is 1.54. The highest BCUT2D eigenvalue weighted by Gasteiger charge is 2.11. The smallest absolute Gasteiger partial charge is 0.172 e. The summed E-state index contributed by atoms with van der Waals surface area (Å²) < 4.78 is 13.9. The molecule has 0 fully saturated rings. The van der Waals surface area contributed by atoms with Gasteiger partial charge in [0.1, 0.15) is 4.60 Å². The van der Waals surface area contributed by atoms with Crippen LogP contribution in [-0.2, 0) is 10.8 Å². The lowest BCUT2D eigenvalue weighted by atomic mass is 10.5. The van der Waals surface area contributed by atoms with Crippen molar-refractivity contribution in [1.82, 2.24) is 14.4 Å². The molecule has 0 aliphatic heterocycles. The monoisotopic (exact) mass is 273 g/mol. The van der Waals surface area contributed by atoms with E-state index in [2.05, 4.69) is 25.9 Å². The van der Waals surface area contributed by atoms with Crippen LogP contribution in [0.5, 0.6) is 0 Å². The summed E-state index contributed by atoms with van der Waals surface area (Å²) in [5.41, 5.74) is 1.65. The van der Waals surface area contributed by atoms with Gasteiger partial charge < -0.3 is 0 Å². The topological polar surface area (TPSA) is 47.3 Å². The van der Waals surface area contributed by atoms with Crippen molar-refractivity contribution < 1.29 is 4.21 Å². The number of hydrogen-bond acceptors (Lipinski definition) is 3. The van der Waals surface area contributed by atoms with E-state index in [9.17, 15) is 4.21 Å². The Balaban J connectivity index is 2.88. The Bertz CT molecular complexity index is 523. The first-order valence-corrected chi connectivity index (χ1v) is 6.28. The quantitative estimate of drug-likeness (QED) is 0.792. The van der Waals surface area contributed by atoms with Crippen LogP contribution in [0, 0.1) is 6.92 Å². The fraction of sp³-hybridized carbons (Fsp3) is 0.250. The molecule has 0 aliphatic carbocycles. The van der Waals surface area contributed by atoms with Crippen molar-refractivity contribution in [2.45, 2.75) is 11.9 Å². The van der Waals surface area contributed by atoms with Gasteiger partial charge in [0.25, 0.3) is 0 Å². The maximum absolute atomic E-state index is 11.4. The third-order valence-electron chi connectivity index (χ3n) is 1.89. The maximum Gasteiger partial charge on any atom is 0.172 e. The van der Waals surface area contributed by atoms with Gasteiger partial charge in [-0.3, -0.25) is 8.61 Å². The number of rotatable bonds is 1. The highest BCUT2D eigenvalue weighted by molar-refractivity contribution is 9.10. The first-order valence-electron chi connectivity index (χ1n) is 3.93. The van der Waals surface area contributed by atoms with E-state index < -0.39 is 10.8 Å². The molecule has 2 rings (SSSR count). The normalized spacial score (nSPS) is 13.4. The molecule has 14 heavy (non-hydrogen) atoms. The lowest BCUT2D eigenvalue weighted by Gasteiger charge is -2.01. The SMILES string of the molecule is Cc1cnc2c(S(C)=O)nc(Br)cn12. The van der Waals surface area contributed by atoms with Crippen LogP contribution >= 0.6 is 15.9 Å². The summed E-state index contributed by atoms with van der Waals surface area (Å²) in [6, 6.07) is 0. The summed E-state index contributed by atoms with van der Waals surface area (Å²) >= 11 is 3.28. The molecule has 0 N–H and O–H groups in total. The van der Waals surface area contributed by atoms with Crippen molar-refractivity contribution in [3.05, 3.63) is 22.7 Å². The molecule has 2 heterocycles. The molecule has 6 heteroatoms. The number of imidazole rings is 1. The number of fused-ring (bicyclic) bond motifs is 1. The Morgan fingerprint density at radius 2 is 2.29 bits per heavy atom. The molecule has 0 aromatic carbocycles. The van der Waals surface area contributed by atoms with Crippen molar-refractivity contribution in [2.75, 3.05) is 6.26 Å². The van der Waals surface area contributed by atoms with Gasteiger partial charge in [0, 0.05) is 24.3 Å². The zero-order chi connectivity index (χ0) is 10.3. The third kappa shape index (κ3) is 1.48. The van der Waals surface area contributed by atoms with Crippen LogP contribution in [0.25, 0.3) is 5.65 Å². The van der Waals surface area contributed by atoms with E-state index in [0.29, 0.717) is 15.3 Å². The van der Waals surface area contributed by atoms with Gasteiger partial charge in [-0.05, 0) is 22.9 Å². The van der Waals surface area contributed by atoms with Gasteiger partial charge in [0.05, 0.1) is 10.8 Å². The number of halogens is 1. The molecule has 0 saturated carbocycles. The lowest BCUT2D eigenvalue weighted by Crippen LogP contribution is -1.99. The Kier molecular flexibility index (Phi) is 2.40. The molecule has 0 aliphatic rings. The second-order valence-electron chi connectivity index (χ2n) is 2.92. The molecule has 0 radical (unpaired) electrons. The number of nitrogens with zero attached hydrogens (tertiary/aromatic N) is 3. The van der Waals surface area contributed by atoms with E-state index >= 15 is 0 Å². The first kappa shape index (κ1) is 9.79. The molecule has 0 saturated heterocycles. The number of hydrogen-bond donors (Lipinski definition) is 0. The largest absolute Gasteiger partial charge is 0.299 e. The highest BCUT2D eigenvalue weighted by Crippen LogP contribution is 2.16. The zero-order valence-corrected chi connectivity index (χ0v) is 10.1. The van der Waals surface area contributed by atoms with E-state index in [1.54, 1.807) is 12.5 Å². The van der Waals surface area contributed by atoms with Crippen molar-refractivity contribution in [3.63, 3.8) is 0 Å². The van der Waals surface area contributed by atoms with Crippen LogP contribution in [0.3, 0.4) is 0 Å². The molecule has 2 aromatic heterocycles. The minimum Gasteiger partial charge on any atom is -0.299 e. The minimum atomic E-state index is -1.12. The Morgan fingerprint density at radius 3 is 2.93 bits per heavy atom. The molecule has 2 aromatic rings. The third-order valence-corrected chi connectivity index (χ3v) is 3.09. The highest BCUT2D eigenvalue weighted by atomic mass is 79.9. The van der Waals surface area contributed by atoms with Crippen molar-refractivity contribution in [1.29, 1.82) is 0 Å². The van der Waals surface area contributed by atoms with Crippen molar-refractivity contribution in [3.8, 4) is 0 Å². The van der Waals surface area contributed by atoms with E-state index in [1.807, 2.05) is 17.5 Å². The van der Waals surface area contributed by atoms with Crippen LogP contribution in [0.2, 0.25) is 0 Å². The molecule has 4 nitrogen and oxygen atoms in total. The van der Waals surface area contributed by atoms with E-state index in [1.165, 1.54) is 0 Å². The van der Waals surface area contributed by atoms with Gasteiger partial charge >= 0.3 is 0 Å². The number of aromatic nitrogens is 3. The van der Waals surface area contributed by atoms with Crippen LogP contribution in [0.1, 0.15) is 5.69 Å². The number of aryl methyl sites for hydroxylation is 1. The molecule has 1 atom stereocenters. The van der Waals surface area contributed by atoms with Crippen LogP contribution in [0.4, 0.5) is 0 Å². The summed E-state index contributed by atoms with van der Waals surface area (Å²) in [7, 11) is -1.12. The molecule has 1 unspecified atom stereocenters. The molecular formula is C8H8BrN3OS. The Morgan fingerprint density at radius 1 is 1.57 bits per heavy atom. The summed E-state index contributed by atoms with van der Waals surface area (Å²) in [5, 5.41) is 0.507. The standard InChI is InChI=1S/C8H8BrN3OS/c1-5-3-10-7-8(14(2)13)11-6(9)4-12(5)7/h3-4H,1-2H3. The zero-order valence-electron chi connectivity index (χ0n) is 7.69. The molecular weight excluding hydrogens is 266 g/mol. The lowest BCUT2D eigenvalue weighted by molar-refractivity contribution is 0.684. The van der Waals surface area contributed by atoms with E-state index in [4.69, 9.17) is 0 Å². The first-order chi connectivity index (χ1) is 6.59. The van der Waals surface area contributed by atoms with Gasteiger partial charge in [-0.1, -0.05) is 0 Å². The van der Waals surface area contributed by atoms with Gasteiger partial charge in [0.15, 0.2) is 10.7 Å². The van der Waals surface area contributed by atoms with Crippen LogP contribution in [0.15, 0.2) is 22.0 Å². The summed E-state index contributed by atoms with van der Waals surface area (Å²) in [6.07, 6.45) is 5.15. The minimum absolute atomic E-state index is 0.507. The van der Waals surface area contributed by atoms with Crippen LogP contribution in [-0.4, -0.2) is 24.8 Å². The van der Waals surface area contributed by atoms with Crippen molar-refractivity contribution >= 4 is 32.4 Å².